The number of rotatable bonds is 2. The van der Waals surface area contributed by atoms with E-state index >= 15 is 0 Å². The molecule has 4 heteroatoms. The Kier molecular flexibility index (Phi) is 2.72. The minimum atomic E-state index is -0.548. The average molecular weight is 185 g/mol. The number of nitrogens with two attached hydrogens (primary N) is 1. The SMILES string of the molecule is CC(CN)c1cc(O)c(O)cc1F. The number of halogens is 1. The van der Waals surface area contributed by atoms with E-state index in [-0.39, 0.29) is 11.7 Å². The van der Waals surface area contributed by atoms with Crippen LogP contribution in [0, 0.1) is 5.82 Å². The standard InChI is InChI=1S/C9H12FNO2/c1-5(4-11)6-2-8(12)9(13)3-7(6)10/h2-3,5,12-13H,4,11H2,1H3. The van der Waals surface area contributed by atoms with Crippen molar-refractivity contribution < 1.29 is 14.6 Å². The van der Waals surface area contributed by atoms with E-state index in [1.165, 1.54) is 6.07 Å². The number of hydrogen-bond donors (Lipinski definition) is 3. The number of hydrogen-bond acceptors (Lipinski definition) is 3. The molecule has 0 radical (unpaired) electrons. The molecule has 0 fully saturated rings. The monoisotopic (exact) mass is 185 g/mol. The molecule has 0 aliphatic rings. The second-order valence-corrected chi connectivity index (χ2v) is 3.00. The van der Waals surface area contributed by atoms with Gasteiger partial charge in [-0.2, -0.15) is 0 Å². The van der Waals surface area contributed by atoms with Crippen LogP contribution in [0.25, 0.3) is 0 Å². The first-order valence-corrected chi connectivity index (χ1v) is 3.97. The highest BCUT2D eigenvalue weighted by Gasteiger charge is 2.12. The summed E-state index contributed by atoms with van der Waals surface area (Å²) in [5.74, 6) is -1.50. The molecule has 0 aliphatic carbocycles. The Bertz CT molecular complexity index is 315. The van der Waals surface area contributed by atoms with Gasteiger partial charge in [-0.05, 0) is 24.1 Å². The summed E-state index contributed by atoms with van der Waals surface area (Å²) in [5.41, 5.74) is 5.67. The third kappa shape index (κ3) is 1.89. The van der Waals surface area contributed by atoms with Gasteiger partial charge in [0.25, 0.3) is 0 Å². The summed E-state index contributed by atoms with van der Waals surface area (Å²) in [5, 5.41) is 18.1. The molecule has 0 spiro atoms. The van der Waals surface area contributed by atoms with Crippen LogP contribution < -0.4 is 5.73 Å². The first-order valence-electron chi connectivity index (χ1n) is 3.97. The molecule has 4 N–H and O–H groups in total. The fourth-order valence-electron chi connectivity index (χ4n) is 1.07. The van der Waals surface area contributed by atoms with Gasteiger partial charge in [-0.25, -0.2) is 4.39 Å². The zero-order valence-electron chi connectivity index (χ0n) is 7.29. The van der Waals surface area contributed by atoms with Gasteiger partial charge >= 0.3 is 0 Å². The van der Waals surface area contributed by atoms with Gasteiger partial charge in [0.2, 0.25) is 0 Å². The first kappa shape index (κ1) is 9.80. The molecule has 0 bridgehead atoms. The minimum absolute atomic E-state index is 0.175. The van der Waals surface area contributed by atoms with Gasteiger partial charge in [-0.15, -0.1) is 0 Å². The van der Waals surface area contributed by atoms with Gasteiger partial charge in [-0.1, -0.05) is 6.92 Å². The largest absolute Gasteiger partial charge is 0.504 e. The van der Waals surface area contributed by atoms with E-state index in [0.29, 0.717) is 12.1 Å². The van der Waals surface area contributed by atoms with Crippen molar-refractivity contribution in [1.82, 2.24) is 0 Å². The van der Waals surface area contributed by atoms with Gasteiger partial charge in [0.05, 0.1) is 0 Å². The van der Waals surface area contributed by atoms with Crippen LogP contribution in [-0.4, -0.2) is 16.8 Å². The molecule has 0 aromatic heterocycles. The van der Waals surface area contributed by atoms with Crippen molar-refractivity contribution in [3.63, 3.8) is 0 Å². The molecule has 3 nitrogen and oxygen atoms in total. The Morgan fingerprint density at radius 2 is 1.92 bits per heavy atom. The van der Waals surface area contributed by atoms with Crippen LogP contribution in [0.1, 0.15) is 18.4 Å². The maximum absolute atomic E-state index is 13.1. The van der Waals surface area contributed by atoms with Crippen LogP contribution in [0.4, 0.5) is 4.39 Å². The third-order valence-electron chi connectivity index (χ3n) is 1.98. The van der Waals surface area contributed by atoms with Gasteiger partial charge in [0.15, 0.2) is 11.5 Å². The summed E-state index contributed by atoms with van der Waals surface area (Å²) in [4.78, 5) is 0. The molecule has 1 rings (SSSR count). The maximum Gasteiger partial charge on any atom is 0.160 e. The Balaban J connectivity index is 3.15. The Morgan fingerprint density at radius 1 is 1.38 bits per heavy atom. The van der Waals surface area contributed by atoms with Crippen molar-refractivity contribution in [3.8, 4) is 11.5 Å². The van der Waals surface area contributed by atoms with E-state index in [2.05, 4.69) is 0 Å². The second kappa shape index (κ2) is 3.62. The fourth-order valence-corrected chi connectivity index (χ4v) is 1.07. The van der Waals surface area contributed by atoms with Crippen LogP contribution in [0.15, 0.2) is 12.1 Å². The van der Waals surface area contributed by atoms with E-state index in [4.69, 9.17) is 15.9 Å². The molecule has 13 heavy (non-hydrogen) atoms. The highest BCUT2D eigenvalue weighted by atomic mass is 19.1. The van der Waals surface area contributed by atoms with Gasteiger partial charge in [0.1, 0.15) is 5.82 Å². The van der Waals surface area contributed by atoms with Crippen molar-refractivity contribution in [1.29, 1.82) is 0 Å². The molecular weight excluding hydrogens is 173 g/mol. The first-order chi connectivity index (χ1) is 6.06. The second-order valence-electron chi connectivity index (χ2n) is 3.00. The van der Waals surface area contributed by atoms with Crippen molar-refractivity contribution in [3.05, 3.63) is 23.5 Å². The lowest BCUT2D eigenvalue weighted by molar-refractivity contribution is 0.397. The molecule has 0 saturated heterocycles. The summed E-state index contributed by atoms with van der Waals surface area (Å²) in [7, 11) is 0. The lowest BCUT2D eigenvalue weighted by Crippen LogP contribution is -2.10. The third-order valence-corrected chi connectivity index (χ3v) is 1.98. The van der Waals surface area contributed by atoms with Crippen LogP contribution in [-0.2, 0) is 0 Å². The van der Waals surface area contributed by atoms with Crippen LogP contribution in [0.3, 0.4) is 0 Å². The van der Waals surface area contributed by atoms with E-state index in [0.717, 1.165) is 6.07 Å². The van der Waals surface area contributed by atoms with E-state index in [1.807, 2.05) is 0 Å². The number of benzene rings is 1. The summed E-state index contributed by atoms with van der Waals surface area (Å²) >= 11 is 0. The zero-order chi connectivity index (χ0) is 10.0. The highest BCUT2D eigenvalue weighted by molar-refractivity contribution is 5.42. The quantitative estimate of drug-likeness (QED) is 0.608. The van der Waals surface area contributed by atoms with Gasteiger partial charge in [0, 0.05) is 6.07 Å². The molecule has 1 aromatic rings. The molecule has 1 unspecified atom stereocenters. The smallest absolute Gasteiger partial charge is 0.160 e. The molecular formula is C9H12FNO2. The molecule has 0 aliphatic heterocycles. The molecule has 0 saturated carbocycles. The van der Waals surface area contributed by atoms with E-state index < -0.39 is 11.6 Å². The lowest BCUT2D eigenvalue weighted by Gasteiger charge is -2.10. The summed E-state index contributed by atoms with van der Waals surface area (Å²) < 4.78 is 13.1. The van der Waals surface area contributed by atoms with E-state index in [9.17, 15) is 4.39 Å². The Morgan fingerprint density at radius 3 is 2.46 bits per heavy atom. The average Bonchev–Trinajstić information content (AvgIpc) is 2.10. The van der Waals surface area contributed by atoms with Crippen LogP contribution >= 0.6 is 0 Å². The Labute approximate surface area is 75.6 Å². The maximum atomic E-state index is 13.1. The van der Waals surface area contributed by atoms with Crippen molar-refractivity contribution >= 4 is 0 Å². The highest BCUT2D eigenvalue weighted by Crippen LogP contribution is 2.30. The summed E-state index contributed by atoms with van der Waals surface area (Å²) in [6, 6.07) is 2.08. The van der Waals surface area contributed by atoms with Crippen LogP contribution in [0.2, 0.25) is 0 Å². The van der Waals surface area contributed by atoms with E-state index in [1.54, 1.807) is 6.92 Å². The zero-order valence-corrected chi connectivity index (χ0v) is 7.29. The number of phenols is 2. The predicted octanol–water partition coefficient (Wildman–Crippen LogP) is 1.30. The van der Waals surface area contributed by atoms with Crippen molar-refractivity contribution in [2.45, 2.75) is 12.8 Å². The number of phenolic OH excluding ortho intramolecular Hbond substituents is 2. The van der Waals surface area contributed by atoms with Gasteiger partial charge in [-0.3, -0.25) is 0 Å². The molecule has 1 aromatic carbocycles. The molecule has 1 atom stereocenters. The normalized spacial score (nSPS) is 12.8. The van der Waals surface area contributed by atoms with Crippen LogP contribution in [0.5, 0.6) is 11.5 Å². The molecule has 0 heterocycles. The van der Waals surface area contributed by atoms with Crippen molar-refractivity contribution in [2.75, 3.05) is 6.54 Å². The van der Waals surface area contributed by atoms with Crippen molar-refractivity contribution in [2.24, 2.45) is 5.73 Å². The molecule has 0 amide bonds. The topological polar surface area (TPSA) is 66.5 Å². The predicted molar refractivity (Wildman–Crippen MR) is 47.2 cm³/mol. The summed E-state index contributed by atoms with van der Waals surface area (Å²) in [6.45, 7) is 2.04. The lowest BCUT2D eigenvalue weighted by atomic mass is 10.0. The fraction of sp³-hybridized carbons (Fsp3) is 0.333. The molecule has 72 valence electrons. The minimum Gasteiger partial charge on any atom is -0.504 e. The Hall–Kier alpha value is -1.29. The summed E-state index contributed by atoms with van der Waals surface area (Å²) in [6.07, 6.45) is 0. The number of aromatic hydroxyl groups is 2. The van der Waals surface area contributed by atoms with Gasteiger partial charge < -0.3 is 15.9 Å².